The summed E-state index contributed by atoms with van der Waals surface area (Å²) in [6.45, 7) is 1.87. The van der Waals surface area contributed by atoms with Crippen molar-refractivity contribution in [3.05, 3.63) is 87.8 Å². The van der Waals surface area contributed by atoms with Crippen molar-refractivity contribution >= 4 is 45.7 Å². The number of benzene rings is 2. The lowest BCUT2D eigenvalue weighted by Crippen LogP contribution is -2.04. The van der Waals surface area contributed by atoms with Crippen molar-refractivity contribution < 1.29 is 4.79 Å². The number of nitrogens with zero attached hydrogens (tertiary/aromatic N) is 5. The molecule has 0 amide bonds. The number of carbonyl (C=O) groups excluding carboxylic acids is 1. The summed E-state index contributed by atoms with van der Waals surface area (Å²) in [5.74, 6) is 0.572. The number of Topliss-reactive ketones (excluding diaryl/α,β-unsaturated/α-hetero) is 1. The molecule has 3 heterocycles. The van der Waals surface area contributed by atoms with Crippen molar-refractivity contribution in [3.63, 3.8) is 0 Å². The van der Waals surface area contributed by atoms with Crippen LogP contribution in [0.15, 0.2) is 60.8 Å². The lowest BCUT2D eigenvalue weighted by Gasteiger charge is -2.09. The molecule has 2 aromatic carbocycles. The number of aryl methyl sites for hydroxylation is 2. The first-order chi connectivity index (χ1) is 15.5. The molecule has 0 spiro atoms. The van der Waals surface area contributed by atoms with Crippen LogP contribution < -0.4 is 0 Å². The van der Waals surface area contributed by atoms with Gasteiger partial charge in [0.25, 0.3) is 0 Å². The molecule has 0 radical (unpaired) electrons. The zero-order chi connectivity index (χ0) is 22.2. The van der Waals surface area contributed by atoms with E-state index >= 15 is 0 Å². The average Bonchev–Trinajstić information content (AvgIpc) is 3.25. The first kappa shape index (κ1) is 20.5. The van der Waals surface area contributed by atoms with Crippen molar-refractivity contribution in [2.24, 2.45) is 0 Å². The van der Waals surface area contributed by atoms with Gasteiger partial charge in [0, 0.05) is 34.5 Å². The van der Waals surface area contributed by atoms with Gasteiger partial charge >= 0.3 is 0 Å². The molecule has 8 heteroatoms. The zero-order valence-corrected chi connectivity index (χ0v) is 18.6. The van der Waals surface area contributed by atoms with Gasteiger partial charge in [-0.25, -0.2) is 4.98 Å². The van der Waals surface area contributed by atoms with E-state index in [0.29, 0.717) is 45.5 Å². The Morgan fingerprint density at radius 1 is 1.03 bits per heavy atom. The lowest BCUT2D eigenvalue weighted by molar-refractivity contribution is 0.0982. The average molecular weight is 462 g/mol. The van der Waals surface area contributed by atoms with Crippen LogP contribution >= 0.6 is 23.2 Å². The summed E-state index contributed by atoms with van der Waals surface area (Å²) in [4.78, 5) is 21.9. The van der Waals surface area contributed by atoms with E-state index in [1.165, 1.54) is 0 Å². The molecule has 32 heavy (non-hydrogen) atoms. The predicted molar refractivity (Wildman–Crippen MR) is 125 cm³/mol. The molecule has 158 valence electrons. The maximum Gasteiger partial charge on any atom is 0.183 e. The number of halogens is 2. The highest BCUT2D eigenvalue weighted by atomic mass is 35.5. The van der Waals surface area contributed by atoms with Gasteiger partial charge in [0.2, 0.25) is 0 Å². The summed E-state index contributed by atoms with van der Waals surface area (Å²) < 4.78 is 1.88. The first-order valence-electron chi connectivity index (χ1n) is 10.1. The Hall–Kier alpha value is -3.35. The highest BCUT2D eigenvalue weighted by Crippen LogP contribution is 2.32. The molecule has 6 nitrogen and oxygen atoms in total. The van der Waals surface area contributed by atoms with Gasteiger partial charge in [0.05, 0.1) is 21.7 Å². The van der Waals surface area contributed by atoms with Crippen LogP contribution in [0, 0.1) is 6.92 Å². The van der Waals surface area contributed by atoms with Crippen LogP contribution in [0.25, 0.3) is 28.1 Å². The number of hydrogen-bond donors (Lipinski definition) is 0. The second-order valence-corrected chi connectivity index (χ2v) is 8.30. The molecule has 0 saturated heterocycles. The third-order valence-electron chi connectivity index (χ3n) is 5.32. The van der Waals surface area contributed by atoms with E-state index in [2.05, 4.69) is 20.2 Å². The van der Waals surface area contributed by atoms with E-state index in [9.17, 15) is 4.79 Å². The number of fused-ring (bicyclic) bond motifs is 3. The molecular formula is C24H17Cl2N5O. The van der Waals surface area contributed by atoms with Crippen LogP contribution in [0.5, 0.6) is 0 Å². The molecule has 0 fully saturated rings. The Balaban J connectivity index is 1.62. The Kier molecular flexibility index (Phi) is 5.33. The number of rotatable bonds is 5. The quantitative estimate of drug-likeness (QED) is 0.310. The molecule has 0 saturated carbocycles. The van der Waals surface area contributed by atoms with E-state index in [-0.39, 0.29) is 5.78 Å². The fourth-order valence-corrected chi connectivity index (χ4v) is 4.10. The Bertz CT molecular complexity index is 1480. The SMILES string of the molecule is Cc1nc2ccc(C(=O)CCc3ccccn3)cc2n2c(-c3cc(Cl)ccc3Cl)nnc12. The smallest absolute Gasteiger partial charge is 0.183 e. The van der Waals surface area contributed by atoms with Crippen LogP contribution in [0.3, 0.4) is 0 Å². The van der Waals surface area contributed by atoms with Crippen LogP contribution in [0.4, 0.5) is 0 Å². The largest absolute Gasteiger partial charge is 0.294 e. The highest BCUT2D eigenvalue weighted by Gasteiger charge is 2.18. The molecule has 5 rings (SSSR count). The van der Waals surface area contributed by atoms with Crippen LogP contribution in [0.1, 0.15) is 28.2 Å². The number of hydrogen-bond acceptors (Lipinski definition) is 5. The fourth-order valence-electron chi connectivity index (χ4n) is 3.72. The van der Waals surface area contributed by atoms with Crippen molar-refractivity contribution in [2.75, 3.05) is 0 Å². The van der Waals surface area contributed by atoms with Crippen molar-refractivity contribution in [3.8, 4) is 11.4 Å². The summed E-state index contributed by atoms with van der Waals surface area (Å²) in [6, 6.07) is 16.4. The monoisotopic (exact) mass is 461 g/mol. The predicted octanol–water partition coefficient (Wildman–Crippen LogP) is 5.77. The van der Waals surface area contributed by atoms with Gasteiger partial charge in [-0.3, -0.25) is 14.2 Å². The third-order valence-corrected chi connectivity index (χ3v) is 5.88. The van der Waals surface area contributed by atoms with Crippen LogP contribution in [0.2, 0.25) is 10.0 Å². The lowest BCUT2D eigenvalue weighted by atomic mass is 10.0. The van der Waals surface area contributed by atoms with E-state index in [0.717, 1.165) is 22.4 Å². The molecule has 5 aromatic rings. The second kappa shape index (κ2) is 8.30. The van der Waals surface area contributed by atoms with Crippen molar-refractivity contribution in [2.45, 2.75) is 19.8 Å². The summed E-state index contributed by atoms with van der Waals surface area (Å²) >= 11 is 12.7. The first-order valence-corrected chi connectivity index (χ1v) is 10.8. The van der Waals surface area contributed by atoms with E-state index < -0.39 is 0 Å². The van der Waals surface area contributed by atoms with Gasteiger partial charge in [-0.15, -0.1) is 10.2 Å². The second-order valence-electron chi connectivity index (χ2n) is 7.45. The molecule has 0 aliphatic rings. The molecule has 0 atom stereocenters. The molecule has 0 unspecified atom stereocenters. The van der Waals surface area contributed by atoms with E-state index in [4.69, 9.17) is 23.2 Å². The maximum atomic E-state index is 12.9. The fraction of sp³-hybridized carbons (Fsp3) is 0.125. The molecule has 0 N–H and O–H groups in total. The van der Waals surface area contributed by atoms with Gasteiger partial charge in [0.15, 0.2) is 17.3 Å². The molecule has 3 aromatic heterocycles. The third kappa shape index (κ3) is 3.72. The van der Waals surface area contributed by atoms with E-state index in [1.807, 2.05) is 41.7 Å². The number of carbonyl (C=O) groups is 1. The van der Waals surface area contributed by atoms with Crippen molar-refractivity contribution in [1.29, 1.82) is 0 Å². The molecule has 0 aliphatic heterocycles. The molecule has 0 aliphatic carbocycles. The van der Waals surface area contributed by atoms with Crippen molar-refractivity contribution in [1.82, 2.24) is 24.6 Å². The van der Waals surface area contributed by atoms with Crippen LogP contribution in [-0.2, 0) is 6.42 Å². The number of aromatic nitrogens is 5. The summed E-state index contributed by atoms with van der Waals surface area (Å²) in [7, 11) is 0. The molecular weight excluding hydrogens is 445 g/mol. The van der Waals surface area contributed by atoms with Gasteiger partial charge in [0.1, 0.15) is 0 Å². The minimum Gasteiger partial charge on any atom is -0.294 e. The van der Waals surface area contributed by atoms with E-state index in [1.54, 1.807) is 30.5 Å². The van der Waals surface area contributed by atoms with Gasteiger partial charge < -0.3 is 0 Å². The highest BCUT2D eigenvalue weighted by molar-refractivity contribution is 6.35. The Morgan fingerprint density at radius 2 is 1.91 bits per heavy atom. The van der Waals surface area contributed by atoms with Gasteiger partial charge in [-0.1, -0.05) is 29.3 Å². The Morgan fingerprint density at radius 3 is 2.72 bits per heavy atom. The molecule has 0 bridgehead atoms. The van der Waals surface area contributed by atoms with Gasteiger partial charge in [-0.05, 0) is 61.9 Å². The standard InChI is InChI=1S/C24H17Cl2N5O/c1-14-23-29-30-24(18-13-16(25)6-8-19(18)26)31(23)21-12-15(5-9-20(21)28-14)22(32)10-7-17-4-2-3-11-27-17/h2-6,8-9,11-13H,7,10H2,1H3. The number of pyridine rings is 1. The minimum absolute atomic E-state index is 0.0293. The summed E-state index contributed by atoms with van der Waals surface area (Å²) in [6.07, 6.45) is 2.67. The zero-order valence-electron chi connectivity index (χ0n) is 17.1. The normalized spacial score (nSPS) is 11.3. The van der Waals surface area contributed by atoms with Crippen LogP contribution in [-0.4, -0.2) is 30.3 Å². The summed E-state index contributed by atoms with van der Waals surface area (Å²) in [5, 5.41) is 9.74. The summed E-state index contributed by atoms with van der Waals surface area (Å²) in [5.41, 5.74) is 4.92. The number of ketones is 1. The minimum atomic E-state index is 0.0293. The topological polar surface area (TPSA) is 73.0 Å². The van der Waals surface area contributed by atoms with Gasteiger partial charge in [-0.2, -0.15) is 0 Å². The Labute approximate surface area is 193 Å². The maximum absolute atomic E-state index is 12.9.